The predicted octanol–water partition coefficient (Wildman–Crippen LogP) is 2.37. The summed E-state index contributed by atoms with van der Waals surface area (Å²) in [5, 5.41) is 7.43. The van der Waals surface area contributed by atoms with Crippen molar-refractivity contribution in [3.8, 4) is 11.5 Å². The van der Waals surface area contributed by atoms with Crippen molar-refractivity contribution in [2.45, 2.75) is 26.1 Å². The predicted molar refractivity (Wildman–Crippen MR) is 82.0 cm³/mol. The molecule has 1 aliphatic heterocycles. The molecule has 130 valence electrons. The Balaban J connectivity index is 1.91. The van der Waals surface area contributed by atoms with Crippen LogP contribution in [0.1, 0.15) is 10.8 Å². The summed E-state index contributed by atoms with van der Waals surface area (Å²) in [6, 6.07) is 0. The molecule has 0 aliphatic carbocycles. The molecule has 0 bridgehead atoms. The van der Waals surface area contributed by atoms with Crippen molar-refractivity contribution < 1.29 is 21.6 Å². The molecule has 6 nitrogen and oxygen atoms in total. The van der Waals surface area contributed by atoms with Crippen molar-refractivity contribution in [2.75, 3.05) is 5.75 Å². The van der Waals surface area contributed by atoms with Crippen LogP contribution in [0.15, 0.2) is 16.9 Å². The molecule has 0 spiro atoms. The van der Waals surface area contributed by atoms with Gasteiger partial charge in [0.2, 0.25) is 5.82 Å². The maximum Gasteiger partial charge on any atom is 0.408 e. The van der Waals surface area contributed by atoms with E-state index in [-0.39, 0.29) is 23.8 Å². The maximum absolute atomic E-state index is 12.8. The number of alkyl halides is 3. The van der Waals surface area contributed by atoms with E-state index in [2.05, 4.69) is 15.1 Å². The number of allylic oxidation sites excluding steroid dienone is 1. The smallest absolute Gasteiger partial charge is 0.240 e. The minimum absolute atomic E-state index is 0.0714. The number of aromatic nitrogens is 4. The largest absolute Gasteiger partial charge is 0.408 e. The van der Waals surface area contributed by atoms with Crippen LogP contribution < -0.4 is 0 Å². The minimum Gasteiger partial charge on any atom is -0.240 e. The SMILES string of the molecule is Cc1nc(-c2nc(C[C@H]3C=CS(=O)(=O)C3)n(CC(F)(F)F)n2)cs1. The number of sulfone groups is 1. The molecule has 3 heterocycles. The van der Waals surface area contributed by atoms with Crippen molar-refractivity contribution in [2.24, 2.45) is 5.92 Å². The number of aryl methyl sites for hydroxylation is 1. The summed E-state index contributed by atoms with van der Waals surface area (Å²) in [5.74, 6) is -0.323. The first-order valence-electron chi connectivity index (χ1n) is 6.95. The summed E-state index contributed by atoms with van der Waals surface area (Å²) in [4.78, 5) is 8.33. The number of rotatable bonds is 4. The molecule has 2 aromatic rings. The van der Waals surface area contributed by atoms with E-state index in [4.69, 9.17) is 0 Å². The average molecular weight is 378 g/mol. The lowest BCUT2D eigenvalue weighted by Gasteiger charge is -2.10. The quantitative estimate of drug-likeness (QED) is 0.816. The summed E-state index contributed by atoms with van der Waals surface area (Å²) < 4.78 is 62.0. The monoisotopic (exact) mass is 378 g/mol. The molecule has 3 rings (SSSR count). The van der Waals surface area contributed by atoms with E-state index in [9.17, 15) is 21.6 Å². The molecule has 0 fully saturated rings. The molecule has 2 aromatic heterocycles. The van der Waals surface area contributed by atoms with E-state index in [0.29, 0.717) is 5.69 Å². The van der Waals surface area contributed by atoms with Crippen LogP contribution in [0.3, 0.4) is 0 Å². The number of hydrogen-bond acceptors (Lipinski definition) is 6. The first kappa shape index (κ1) is 17.1. The molecule has 0 unspecified atom stereocenters. The van der Waals surface area contributed by atoms with E-state index in [1.54, 1.807) is 12.3 Å². The summed E-state index contributed by atoms with van der Waals surface area (Å²) in [6.45, 7) is 0.498. The Morgan fingerprint density at radius 2 is 2.12 bits per heavy atom. The van der Waals surface area contributed by atoms with Gasteiger partial charge in [0.15, 0.2) is 9.84 Å². The van der Waals surface area contributed by atoms with E-state index in [1.165, 1.54) is 17.4 Å². The van der Waals surface area contributed by atoms with Gasteiger partial charge in [-0.2, -0.15) is 13.2 Å². The Morgan fingerprint density at radius 1 is 1.38 bits per heavy atom. The molecule has 1 atom stereocenters. The topological polar surface area (TPSA) is 77.7 Å². The van der Waals surface area contributed by atoms with Crippen molar-refractivity contribution in [1.29, 1.82) is 0 Å². The molecule has 11 heteroatoms. The van der Waals surface area contributed by atoms with Crippen LogP contribution in [0.5, 0.6) is 0 Å². The van der Waals surface area contributed by atoms with Crippen LogP contribution in [0.25, 0.3) is 11.5 Å². The lowest BCUT2D eigenvalue weighted by Crippen LogP contribution is -2.22. The van der Waals surface area contributed by atoms with Gasteiger partial charge in [-0.05, 0) is 12.8 Å². The van der Waals surface area contributed by atoms with Gasteiger partial charge in [-0.25, -0.2) is 23.1 Å². The highest BCUT2D eigenvalue weighted by atomic mass is 32.2. The summed E-state index contributed by atoms with van der Waals surface area (Å²) in [5.41, 5.74) is 0.411. The van der Waals surface area contributed by atoms with Gasteiger partial charge in [0.25, 0.3) is 0 Å². The number of hydrogen-bond donors (Lipinski definition) is 0. The van der Waals surface area contributed by atoms with Crippen LogP contribution in [0.4, 0.5) is 13.2 Å². The van der Waals surface area contributed by atoms with E-state index < -0.39 is 28.5 Å². The third kappa shape index (κ3) is 4.01. The van der Waals surface area contributed by atoms with Crippen LogP contribution >= 0.6 is 11.3 Å². The Morgan fingerprint density at radius 3 is 2.67 bits per heavy atom. The molecule has 24 heavy (non-hydrogen) atoms. The second kappa shape index (κ2) is 5.96. The molecule has 0 saturated heterocycles. The van der Waals surface area contributed by atoms with Gasteiger partial charge >= 0.3 is 6.18 Å². The lowest BCUT2D eigenvalue weighted by molar-refractivity contribution is -0.143. The summed E-state index contributed by atoms with van der Waals surface area (Å²) in [6.07, 6.45) is -2.90. The van der Waals surface area contributed by atoms with E-state index >= 15 is 0 Å². The first-order valence-corrected chi connectivity index (χ1v) is 9.55. The molecular weight excluding hydrogens is 365 g/mol. The maximum atomic E-state index is 12.8. The van der Waals surface area contributed by atoms with Gasteiger partial charge in [0.05, 0.1) is 10.8 Å². The van der Waals surface area contributed by atoms with Crippen molar-refractivity contribution >= 4 is 21.2 Å². The standard InChI is InChI=1S/C13H13F3N4O2S2/c1-8-17-10(5-23-8)12-18-11(20(19-12)7-13(14,15)16)4-9-2-3-24(21,22)6-9/h2-3,5,9H,4,6-7H2,1H3/t9-/m1/s1. The Hall–Kier alpha value is -1.75. The zero-order chi connectivity index (χ0) is 17.5. The highest BCUT2D eigenvalue weighted by Crippen LogP contribution is 2.25. The molecule has 0 amide bonds. The van der Waals surface area contributed by atoms with Crippen LogP contribution in [-0.2, 0) is 22.8 Å². The lowest BCUT2D eigenvalue weighted by atomic mass is 10.1. The van der Waals surface area contributed by atoms with E-state index in [0.717, 1.165) is 15.1 Å². The van der Waals surface area contributed by atoms with Crippen LogP contribution in [-0.4, -0.2) is 40.1 Å². The average Bonchev–Trinajstić information content (AvgIpc) is 3.09. The zero-order valence-electron chi connectivity index (χ0n) is 12.5. The third-order valence-electron chi connectivity index (χ3n) is 3.37. The number of halogens is 3. The molecule has 1 aliphatic rings. The van der Waals surface area contributed by atoms with Gasteiger partial charge in [0.1, 0.15) is 18.1 Å². The second-order valence-electron chi connectivity index (χ2n) is 5.50. The summed E-state index contributed by atoms with van der Waals surface area (Å²) >= 11 is 1.35. The van der Waals surface area contributed by atoms with Crippen molar-refractivity contribution in [3.63, 3.8) is 0 Å². The van der Waals surface area contributed by atoms with Gasteiger partial charge in [-0.1, -0.05) is 6.08 Å². The fraction of sp³-hybridized carbons (Fsp3) is 0.462. The fourth-order valence-electron chi connectivity index (χ4n) is 2.40. The number of thiazole rings is 1. The Kier molecular flexibility index (Phi) is 4.24. The molecule has 0 saturated carbocycles. The van der Waals surface area contributed by atoms with Crippen LogP contribution in [0, 0.1) is 12.8 Å². The second-order valence-corrected chi connectivity index (χ2v) is 8.49. The highest BCUT2D eigenvalue weighted by molar-refractivity contribution is 7.94. The highest BCUT2D eigenvalue weighted by Gasteiger charge is 2.32. The van der Waals surface area contributed by atoms with Gasteiger partial charge in [-0.15, -0.1) is 16.4 Å². The molecule has 0 aromatic carbocycles. The fourth-order valence-corrected chi connectivity index (χ4v) is 4.39. The number of nitrogens with zero attached hydrogens (tertiary/aromatic N) is 4. The molecular formula is C13H13F3N4O2S2. The molecule has 0 N–H and O–H groups in total. The van der Waals surface area contributed by atoms with Crippen molar-refractivity contribution in [3.05, 3.63) is 27.7 Å². The summed E-state index contributed by atoms with van der Waals surface area (Å²) in [7, 11) is -3.28. The first-order chi connectivity index (χ1) is 11.1. The van der Waals surface area contributed by atoms with E-state index in [1.807, 2.05) is 0 Å². The Bertz CT molecular complexity index is 883. The molecule has 0 radical (unpaired) electrons. The minimum atomic E-state index is -4.45. The zero-order valence-corrected chi connectivity index (χ0v) is 14.1. The van der Waals surface area contributed by atoms with Gasteiger partial charge in [0, 0.05) is 17.2 Å². The van der Waals surface area contributed by atoms with Gasteiger partial charge < -0.3 is 0 Å². The van der Waals surface area contributed by atoms with Crippen LogP contribution in [0.2, 0.25) is 0 Å². The Labute approximate surface area is 140 Å². The van der Waals surface area contributed by atoms with Crippen molar-refractivity contribution in [1.82, 2.24) is 19.7 Å². The normalized spacial score (nSPS) is 19.9. The van der Waals surface area contributed by atoms with Gasteiger partial charge in [-0.3, -0.25) is 0 Å². The third-order valence-corrected chi connectivity index (χ3v) is 5.61.